The number of hydrogen-bond acceptors (Lipinski definition) is 5. The molecule has 1 atom stereocenters. The number of rotatable bonds is 9. The zero-order valence-electron chi connectivity index (χ0n) is 10.6. The van der Waals surface area contributed by atoms with Crippen molar-refractivity contribution in [2.24, 2.45) is 5.92 Å². The third-order valence-corrected chi connectivity index (χ3v) is 3.56. The smallest absolute Gasteiger partial charge is 0.305 e. The van der Waals surface area contributed by atoms with Gasteiger partial charge in [-0.2, -0.15) is 0 Å². The van der Waals surface area contributed by atoms with Gasteiger partial charge >= 0.3 is 5.97 Å². The Bertz CT molecular complexity index is 315. The van der Waals surface area contributed by atoms with Crippen LogP contribution < -0.4 is 4.72 Å². The molecule has 0 aromatic heterocycles. The van der Waals surface area contributed by atoms with Gasteiger partial charge in [0.15, 0.2) is 0 Å². The molecule has 0 radical (unpaired) electrons. The molecule has 0 saturated carbocycles. The first-order valence-electron chi connectivity index (χ1n) is 5.44. The third-order valence-electron chi connectivity index (χ3n) is 2.12. The zero-order chi connectivity index (χ0) is 13.3. The van der Waals surface area contributed by atoms with Crippen LogP contribution in [0.4, 0.5) is 0 Å². The Hall–Kier alpha value is -0.660. The SMILES string of the molecule is COCC(C)CNS(=O)(=O)CCCC(=O)OC. The predicted octanol–water partition coefficient (Wildman–Crippen LogP) is 0.142. The van der Waals surface area contributed by atoms with Gasteiger partial charge in [-0.15, -0.1) is 0 Å². The number of methoxy groups -OCH3 is 2. The van der Waals surface area contributed by atoms with Gasteiger partial charge in [-0.25, -0.2) is 13.1 Å². The van der Waals surface area contributed by atoms with Gasteiger partial charge < -0.3 is 9.47 Å². The quantitative estimate of drug-likeness (QED) is 0.601. The molecule has 17 heavy (non-hydrogen) atoms. The van der Waals surface area contributed by atoms with E-state index in [1.54, 1.807) is 7.11 Å². The lowest BCUT2D eigenvalue weighted by Crippen LogP contribution is -2.32. The molecule has 0 aliphatic heterocycles. The highest BCUT2D eigenvalue weighted by Crippen LogP contribution is 1.99. The molecule has 0 amide bonds. The Kier molecular flexibility index (Phi) is 8.11. The summed E-state index contributed by atoms with van der Waals surface area (Å²) < 4.78 is 34.8. The normalized spacial score (nSPS) is 13.4. The monoisotopic (exact) mass is 267 g/mol. The summed E-state index contributed by atoms with van der Waals surface area (Å²) in [6.45, 7) is 2.74. The molecule has 0 aliphatic rings. The maximum absolute atomic E-state index is 11.5. The molecule has 6 nitrogen and oxygen atoms in total. The average molecular weight is 267 g/mol. The summed E-state index contributed by atoms with van der Waals surface area (Å²) in [5.41, 5.74) is 0. The maximum Gasteiger partial charge on any atom is 0.305 e. The number of sulfonamides is 1. The van der Waals surface area contributed by atoms with Gasteiger partial charge in [0.25, 0.3) is 0 Å². The van der Waals surface area contributed by atoms with Gasteiger partial charge in [-0.1, -0.05) is 6.92 Å². The number of ether oxygens (including phenoxy) is 2. The van der Waals surface area contributed by atoms with E-state index in [0.717, 1.165) is 0 Å². The summed E-state index contributed by atoms with van der Waals surface area (Å²) in [5, 5.41) is 0. The zero-order valence-corrected chi connectivity index (χ0v) is 11.4. The van der Waals surface area contributed by atoms with Crippen LogP contribution in [0, 0.1) is 5.92 Å². The minimum Gasteiger partial charge on any atom is -0.469 e. The molecule has 0 heterocycles. The van der Waals surface area contributed by atoms with Crippen LogP contribution >= 0.6 is 0 Å². The molecular formula is C10H21NO5S. The fourth-order valence-electron chi connectivity index (χ4n) is 1.19. The first-order valence-corrected chi connectivity index (χ1v) is 7.09. The van der Waals surface area contributed by atoms with E-state index in [1.165, 1.54) is 7.11 Å². The van der Waals surface area contributed by atoms with Crippen molar-refractivity contribution in [3.63, 3.8) is 0 Å². The van der Waals surface area contributed by atoms with Crippen LogP contribution in [0.25, 0.3) is 0 Å². The van der Waals surface area contributed by atoms with Crippen LogP contribution in [0.3, 0.4) is 0 Å². The van der Waals surface area contributed by atoms with E-state index in [0.29, 0.717) is 13.2 Å². The molecule has 7 heteroatoms. The molecule has 0 spiro atoms. The topological polar surface area (TPSA) is 81.7 Å². The second-order valence-corrected chi connectivity index (χ2v) is 5.83. The minimum atomic E-state index is -3.31. The summed E-state index contributed by atoms with van der Waals surface area (Å²) in [5.74, 6) is -0.342. The molecule has 1 unspecified atom stereocenters. The van der Waals surface area contributed by atoms with Gasteiger partial charge in [0.1, 0.15) is 0 Å². The average Bonchev–Trinajstić information content (AvgIpc) is 2.26. The maximum atomic E-state index is 11.5. The van der Waals surface area contributed by atoms with Crippen molar-refractivity contribution >= 4 is 16.0 Å². The molecule has 0 saturated heterocycles. The van der Waals surface area contributed by atoms with E-state index >= 15 is 0 Å². The first kappa shape index (κ1) is 16.3. The Morgan fingerprint density at radius 2 is 2.00 bits per heavy atom. The van der Waals surface area contributed by atoms with Crippen molar-refractivity contribution in [3.05, 3.63) is 0 Å². The number of carbonyl (C=O) groups is 1. The first-order chi connectivity index (χ1) is 7.91. The van der Waals surface area contributed by atoms with Crippen LogP contribution in [0.5, 0.6) is 0 Å². The minimum absolute atomic E-state index is 0.0677. The van der Waals surface area contributed by atoms with Crippen LogP contribution in [0.15, 0.2) is 0 Å². The Morgan fingerprint density at radius 1 is 1.35 bits per heavy atom. The summed E-state index contributed by atoms with van der Waals surface area (Å²) in [7, 11) is -0.462. The molecule has 0 aliphatic carbocycles. The standard InChI is InChI=1S/C10H21NO5S/c1-9(8-15-2)7-11-17(13,14)6-4-5-10(12)16-3/h9,11H,4-8H2,1-3H3. The summed E-state index contributed by atoms with van der Waals surface area (Å²) >= 11 is 0. The molecule has 0 bridgehead atoms. The summed E-state index contributed by atoms with van der Waals surface area (Å²) in [6.07, 6.45) is 0.381. The van der Waals surface area contributed by atoms with Gasteiger partial charge in [0, 0.05) is 26.7 Å². The number of hydrogen-bond donors (Lipinski definition) is 1. The fraction of sp³-hybridized carbons (Fsp3) is 0.900. The summed E-state index contributed by atoms with van der Waals surface area (Å²) in [6, 6.07) is 0. The number of carbonyl (C=O) groups excluding carboxylic acids is 1. The van der Waals surface area contributed by atoms with E-state index < -0.39 is 16.0 Å². The molecule has 0 aromatic rings. The summed E-state index contributed by atoms with van der Waals surface area (Å²) in [4.78, 5) is 10.8. The van der Waals surface area contributed by atoms with E-state index in [9.17, 15) is 13.2 Å². The largest absolute Gasteiger partial charge is 0.469 e. The van der Waals surface area contributed by atoms with Crippen LogP contribution in [-0.2, 0) is 24.3 Å². The lowest BCUT2D eigenvalue weighted by molar-refractivity contribution is -0.140. The van der Waals surface area contributed by atoms with Crippen molar-refractivity contribution in [1.82, 2.24) is 4.72 Å². The van der Waals surface area contributed by atoms with Crippen LogP contribution in [-0.4, -0.2) is 47.5 Å². The van der Waals surface area contributed by atoms with Gasteiger partial charge in [-0.05, 0) is 12.3 Å². The van der Waals surface area contributed by atoms with Gasteiger partial charge in [0.05, 0.1) is 12.9 Å². The van der Waals surface area contributed by atoms with Crippen LogP contribution in [0.1, 0.15) is 19.8 Å². The van der Waals surface area contributed by atoms with Crippen molar-refractivity contribution in [2.75, 3.05) is 33.1 Å². The molecule has 0 rings (SSSR count). The van der Waals surface area contributed by atoms with Gasteiger partial charge in [-0.3, -0.25) is 4.79 Å². The predicted molar refractivity (Wildman–Crippen MR) is 64.1 cm³/mol. The molecule has 102 valence electrons. The van der Waals surface area contributed by atoms with E-state index in [2.05, 4.69) is 9.46 Å². The van der Waals surface area contributed by atoms with Gasteiger partial charge in [0.2, 0.25) is 10.0 Å². The fourth-order valence-corrected chi connectivity index (χ4v) is 2.40. The third kappa shape index (κ3) is 9.08. The Labute approximate surface area is 103 Å². The van der Waals surface area contributed by atoms with Crippen molar-refractivity contribution in [3.8, 4) is 0 Å². The second-order valence-electron chi connectivity index (χ2n) is 3.91. The molecule has 1 N–H and O–H groups in total. The van der Waals surface area contributed by atoms with E-state index in [-0.39, 0.29) is 24.5 Å². The molecule has 0 fully saturated rings. The Balaban J connectivity index is 3.84. The lowest BCUT2D eigenvalue weighted by atomic mass is 10.2. The number of esters is 1. The Morgan fingerprint density at radius 3 is 2.53 bits per heavy atom. The molecule has 0 aromatic carbocycles. The van der Waals surface area contributed by atoms with E-state index in [4.69, 9.17) is 4.74 Å². The lowest BCUT2D eigenvalue weighted by Gasteiger charge is -2.11. The van der Waals surface area contributed by atoms with E-state index in [1.807, 2.05) is 6.92 Å². The van der Waals surface area contributed by atoms with Crippen LogP contribution in [0.2, 0.25) is 0 Å². The second kappa shape index (κ2) is 8.43. The van der Waals surface area contributed by atoms with Crippen molar-refractivity contribution < 1.29 is 22.7 Å². The van der Waals surface area contributed by atoms with Crippen molar-refractivity contribution in [2.45, 2.75) is 19.8 Å². The highest BCUT2D eigenvalue weighted by atomic mass is 32.2. The number of nitrogens with one attached hydrogen (secondary N) is 1. The van der Waals surface area contributed by atoms with Crippen molar-refractivity contribution in [1.29, 1.82) is 0 Å². The molecular weight excluding hydrogens is 246 g/mol. The highest BCUT2D eigenvalue weighted by molar-refractivity contribution is 7.89. The highest BCUT2D eigenvalue weighted by Gasteiger charge is 2.13.